The molecule has 154 valence electrons. The Kier molecular flexibility index (Phi) is 6.34. The first-order valence-corrected chi connectivity index (χ1v) is 11.0. The van der Waals surface area contributed by atoms with Crippen LogP contribution in [0.2, 0.25) is 0 Å². The molecule has 7 nitrogen and oxygen atoms in total. The molecular formula is C21H25N3O4S. The maximum Gasteiger partial charge on any atom is 0.313 e. The Morgan fingerprint density at radius 3 is 2.31 bits per heavy atom. The van der Waals surface area contributed by atoms with Gasteiger partial charge in [0, 0.05) is 24.8 Å². The molecule has 3 rings (SSSR count). The van der Waals surface area contributed by atoms with E-state index < -0.39 is 21.8 Å². The zero-order valence-electron chi connectivity index (χ0n) is 16.5. The van der Waals surface area contributed by atoms with Crippen LogP contribution in [-0.4, -0.2) is 43.7 Å². The molecule has 1 atom stereocenters. The smallest absolute Gasteiger partial charge is 0.313 e. The number of benzene rings is 2. The molecule has 1 aliphatic heterocycles. The Hall–Kier alpha value is -2.71. The second-order valence-corrected chi connectivity index (χ2v) is 9.05. The largest absolute Gasteiger partial charge is 0.346 e. The van der Waals surface area contributed by atoms with Crippen LogP contribution in [0.3, 0.4) is 0 Å². The highest BCUT2D eigenvalue weighted by Crippen LogP contribution is 2.25. The van der Waals surface area contributed by atoms with Gasteiger partial charge in [0.25, 0.3) is 0 Å². The van der Waals surface area contributed by atoms with Gasteiger partial charge < -0.3 is 10.6 Å². The van der Waals surface area contributed by atoms with Crippen LogP contribution in [-0.2, 0) is 19.6 Å². The number of para-hydroxylation sites is 1. The van der Waals surface area contributed by atoms with Crippen molar-refractivity contribution in [3.8, 4) is 0 Å². The maximum atomic E-state index is 12.9. The first-order chi connectivity index (χ1) is 13.8. The molecule has 2 amide bonds. The summed E-state index contributed by atoms with van der Waals surface area (Å²) < 4.78 is 27.2. The van der Waals surface area contributed by atoms with E-state index in [0.717, 1.165) is 11.1 Å². The van der Waals surface area contributed by atoms with Gasteiger partial charge in [-0.3, -0.25) is 9.59 Å². The van der Waals surface area contributed by atoms with Gasteiger partial charge in [-0.2, -0.15) is 4.31 Å². The molecule has 0 spiro atoms. The van der Waals surface area contributed by atoms with Gasteiger partial charge in [0.05, 0.1) is 4.90 Å². The van der Waals surface area contributed by atoms with Crippen molar-refractivity contribution in [2.24, 2.45) is 0 Å². The minimum atomic E-state index is -3.63. The highest BCUT2D eigenvalue weighted by Gasteiger charge is 2.35. The standard InChI is InChI=1S/C21H25N3O4S/c1-15-8-6-9-16(2)19(15)23-21(26)20(25)22-14-17-10-7-13-24(17)29(27,28)18-11-4-3-5-12-18/h3-6,8-9,11-12,17H,7,10,13-14H2,1-2H3,(H,22,25)(H,23,26)/t17-/m1/s1. The summed E-state index contributed by atoms with van der Waals surface area (Å²) in [6, 6.07) is 13.4. The van der Waals surface area contributed by atoms with Crippen molar-refractivity contribution in [2.45, 2.75) is 37.6 Å². The molecule has 0 aliphatic carbocycles. The van der Waals surface area contributed by atoms with Crippen LogP contribution in [0.1, 0.15) is 24.0 Å². The molecule has 0 aromatic heterocycles. The minimum Gasteiger partial charge on any atom is -0.346 e. The number of nitrogens with one attached hydrogen (secondary N) is 2. The first kappa shape index (κ1) is 21.0. The Morgan fingerprint density at radius 1 is 1.00 bits per heavy atom. The predicted octanol–water partition coefficient (Wildman–Crippen LogP) is 2.21. The first-order valence-electron chi connectivity index (χ1n) is 9.53. The number of nitrogens with zero attached hydrogens (tertiary/aromatic N) is 1. The molecule has 2 aromatic carbocycles. The number of hydrogen-bond acceptors (Lipinski definition) is 4. The van der Waals surface area contributed by atoms with E-state index in [-0.39, 0.29) is 17.5 Å². The molecular weight excluding hydrogens is 390 g/mol. The Labute approximate surface area is 171 Å². The zero-order valence-corrected chi connectivity index (χ0v) is 17.3. The topological polar surface area (TPSA) is 95.6 Å². The molecule has 2 aromatic rings. The lowest BCUT2D eigenvalue weighted by Gasteiger charge is -2.24. The second kappa shape index (κ2) is 8.75. The number of sulfonamides is 1. The summed E-state index contributed by atoms with van der Waals surface area (Å²) in [7, 11) is -3.63. The van der Waals surface area contributed by atoms with Crippen LogP contribution in [0.4, 0.5) is 5.69 Å². The average molecular weight is 416 g/mol. The molecule has 1 fully saturated rings. The third-order valence-electron chi connectivity index (χ3n) is 5.10. The van der Waals surface area contributed by atoms with E-state index in [1.807, 2.05) is 32.0 Å². The predicted molar refractivity (Wildman–Crippen MR) is 111 cm³/mol. The second-order valence-electron chi connectivity index (χ2n) is 7.16. The van der Waals surface area contributed by atoms with Crippen LogP contribution >= 0.6 is 0 Å². The SMILES string of the molecule is Cc1cccc(C)c1NC(=O)C(=O)NC[C@H]1CCCN1S(=O)(=O)c1ccccc1. The number of hydrogen-bond donors (Lipinski definition) is 2. The summed E-state index contributed by atoms with van der Waals surface area (Å²) in [5, 5.41) is 5.22. The van der Waals surface area contributed by atoms with Gasteiger partial charge in [0.2, 0.25) is 10.0 Å². The highest BCUT2D eigenvalue weighted by molar-refractivity contribution is 7.89. The molecule has 29 heavy (non-hydrogen) atoms. The number of carbonyl (C=O) groups is 2. The number of amides is 2. The number of rotatable bonds is 5. The minimum absolute atomic E-state index is 0.0884. The van der Waals surface area contributed by atoms with E-state index in [4.69, 9.17) is 0 Å². The molecule has 1 saturated heterocycles. The molecule has 8 heteroatoms. The van der Waals surface area contributed by atoms with E-state index in [1.165, 1.54) is 4.31 Å². The van der Waals surface area contributed by atoms with Crippen LogP contribution < -0.4 is 10.6 Å². The lowest BCUT2D eigenvalue weighted by atomic mass is 10.1. The number of aryl methyl sites for hydroxylation is 2. The monoisotopic (exact) mass is 415 g/mol. The van der Waals surface area contributed by atoms with E-state index in [9.17, 15) is 18.0 Å². The summed E-state index contributed by atoms with van der Waals surface area (Å²) in [6.07, 6.45) is 1.34. The van der Waals surface area contributed by atoms with Crippen molar-refractivity contribution < 1.29 is 18.0 Å². The van der Waals surface area contributed by atoms with Gasteiger partial charge in [-0.1, -0.05) is 36.4 Å². The van der Waals surface area contributed by atoms with Gasteiger partial charge >= 0.3 is 11.8 Å². The average Bonchev–Trinajstić information content (AvgIpc) is 3.19. The molecule has 1 heterocycles. The summed E-state index contributed by atoms with van der Waals surface area (Å²) in [6.45, 7) is 4.19. The fourth-order valence-corrected chi connectivity index (χ4v) is 5.24. The summed E-state index contributed by atoms with van der Waals surface area (Å²) in [5.41, 5.74) is 2.34. The van der Waals surface area contributed by atoms with Crippen molar-refractivity contribution in [1.29, 1.82) is 0 Å². The Bertz CT molecular complexity index is 986. The quantitative estimate of drug-likeness (QED) is 0.732. The molecule has 1 aliphatic rings. The molecule has 0 radical (unpaired) electrons. The zero-order chi connectivity index (χ0) is 21.0. The summed E-state index contributed by atoms with van der Waals surface area (Å²) >= 11 is 0. The van der Waals surface area contributed by atoms with Gasteiger partial charge in [-0.25, -0.2) is 8.42 Å². The van der Waals surface area contributed by atoms with Gasteiger partial charge in [-0.15, -0.1) is 0 Å². The molecule has 0 unspecified atom stereocenters. The lowest BCUT2D eigenvalue weighted by molar-refractivity contribution is -0.136. The summed E-state index contributed by atoms with van der Waals surface area (Å²) in [4.78, 5) is 24.8. The van der Waals surface area contributed by atoms with Gasteiger partial charge in [0.15, 0.2) is 0 Å². The van der Waals surface area contributed by atoms with E-state index in [0.29, 0.717) is 25.1 Å². The number of anilines is 1. The van der Waals surface area contributed by atoms with Crippen LogP contribution in [0.15, 0.2) is 53.4 Å². The van der Waals surface area contributed by atoms with Gasteiger partial charge in [-0.05, 0) is 49.9 Å². The maximum absolute atomic E-state index is 12.9. The van der Waals surface area contributed by atoms with Crippen LogP contribution in [0, 0.1) is 13.8 Å². The van der Waals surface area contributed by atoms with E-state index >= 15 is 0 Å². The van der Waals surface area contributed by atoms with Crippen LogP contribution in [0.5, 0.6) is 0 Å². The normalized spacial score (nSPS) is 17.1. The summed E-state index contributed by atoms with van der Waals surface area (Å²) in [5.74, 6) is -1.55. The van der Waals surface area contributed by atoms with Crippen molar-refractivity contribution >= 4 is 27.5 Å². The van der Waals surface area contributed by atoms with Crippen LogP contribution in [0.25, 0.3) is 0 Å². The third kappa shape index (κ3) is 4.65. The fourth-order valence-electron chi connectivity index (χ4n) is 3.53. The Morgan fingerprint density at radius 2 is 1.66 bits per heavy atom. The van der Waals surface area contributed by atoms with Crippen molar-refractivity contribution in [2.75, 3.05) is 18.4 Å². The Balaban J connectivity index is 1.63. The third-order valence-corrected chi connectivity index (χ3v) is 7.06. The molecule has 0 bridgehead atoms. The molecule has 2 N–H and O–H groups in total. The highest BCUT2D eigenvalue weighted by atomic mass is 32.2. The van der Waals surface area contributed by atoms with E-state index in [1.54, 1.807) is 30.3 Å². The molecule has 0 saturated carbocycles. The van der Waals surface area contributed by atoms with Crippen molar-refractivity contribution in [1.82, 2.24) is 9.62 Å². The van der Waals surface area contributed by atoms with E-state index in [2.05, 4.69) is 10.6 Å². The van der Waals surface area contributed by atoms with Crippen molar-refractivity contribution in [3.05, 3.63) is 59.7 Å². The number of carbonyl (C=O) groups excluding carboxylic acids is 2. The van der Waals surface area contributed by atoms with Crippen molar-refractivity contribution in [3.63, 3.8) is 0 Å². The fraction of sp³-hybridized carbons (Fsp3) is 0.333. The van der Waals surface area contributed by atoms with Gasteiger partial charge in [0.1, 0.15) is 0 Å². The lowest BCUT2D eigenvalue weighted by Crippen LogP contribution is -2.45.